The number of aliphatic carboxylic acids is 2. The maximum Gasteiger partial charge on any atom is 2.00 e. The molecule has 0 radical (unpaired) electrons. The summed E-state index contributed by atoms with van der Waals surface area (Å²) < 4.78 is 0. The minimum absolute atomic E-state index is 0. The Labute approximate surface area is 84.0 Å². The first-order valence-electron chi connectivity index (χ1n) is 2.98. The van der Waals surface area contributed by atoms with Gasteiger partial charge in [-0.15, -0.1) is 0 Å². The van der Waals surface area contributed by atoms with Gasteiger partial charge in [0.1, 0.15) is 0 Å². The first-order valence-corrected chi connectivity index (χ1v) is 2.98. The Morgan fingerprint density at radius 3 is 1.50 bits per heavy atom. The van der Waals surface area contributed by atoms with E-state index in [4.69, 9.17) is 0 Å². The minimum Gasteiger partial charge on any atom is -0.550 e. The maximum atomic E-state index is 9.49. The van der Waals surface area contributed by atoms with Gasteiger partial charge in [0, 0.05) is 5.97 Å². The van der Waals surface area contributed by atoms with Gasteiger partial charge in [0.15, 0.2) is 0 Å². The molecule has 0 N–H and O–H groups in total. The van der Waals surface area contributed by atoms with E-state index in [-0.39, 0.29) is 31.5 Å². The van der Waals surface area contributed by atoms with Crippen LogP contribution in [0.1, 0.15) is 20.3 Å². The second kappa shape index (κ2) is 10.3. The van der Waals surface area contributed by atoms with E-state index in [1.165, 1.54) is 13.8 Å². The Balaban J connectivity index is -0.000000126. The molecule has 0 atom stereocenters. The van der Waals surface area contributed by atoms with Crippen molar-refractivity contribution in [3.8, 4) is 0 Å². The number of carbonyl (C=O) groups is 2. The molecule has 0 fully saturated rings. The Morgan fingerprint density at radius 1 is 1.33 bits per heavy atom. The zero-order valence-electron chi connectivity index (χ0n) is 7.25. The third kappa shape index (κ3) is 22.8. The molecule has 0 aliphatic heterocycles. The molecule has 0 unspecified atom stereocenters. The normalized spacial score (nSPS) is 6.83. The van der Waals surface area contributed by atoms with E-state index in [9.17, 15) is 19.8 Å². The maximum absolute atomic E-state index is 9.49. The van der Waals surface area contributed by atoms with Gasteiger partial charge < -0.3 is 19.8 Å². The molecule has 0 saturated carbocycles. The molecule has 0 saturated heterocycles. The number of rotatable bonds is 2. The summed E-state index contributed by atoms with van der Waals surface area (Å²) in [5, 5.41) is 18.7. The van der Waals surface area contributed by atoms with Crippen LogP contribution in [-0.4, -0.2) is 11.9 Å². The van der Waals surface area contributed by atoms with Gasteiger partial charge in [0.05, 0.1) is 5.97 Å². The molecular weight excluding hydrogens is 213 g/mol. The van der Waals surface area contributed by atoms with E-state index in [1.807, 2.05) is 0 Å². The molecule has 5 heteroatoms. The van der Waals surface area contributed by atoms with Crippen LogP contribution < -0.4 is 10.2 Å². The van der Waals surface area contributed by atoms with Crippen LogP contribution in [0.3, 0.4) is 0 Å². The van der Waals surface area contributed by atoms with Crippen molar-refractivity contribution in [1.29, 1.82) is 0 Å². The summed E-state index contributed by atoms with van der Waals surface area (Å²) in [6.07, 6.45) is 0.111. The van der Waals surface area contributed by atoms with Crippen LogP contribution in [0.15, 0.2) is 12.2 Å². The van der Waals surface area contributed by atoms with Crippen molar-refractivity contribution in [2.75, 3.05) is 0 Å². The Hall–Kier alpha value is -0.697. The Kier molecular flexibility index (Phi) is 14.9. The molecule has 0 aromatic heterocycles. The molecule has 64 valence electrons. The van der Waals surface area contributed by atoms with Crippen molar-refractivity contribution < 1.29 is 39.3 Å². The second-order valence-electron chi connectivity index (χ2n) is 1.79. The standard InChI is InChI=1S/C4H6O2.C3H6O2.Zn/c1-3(2)4(5)6;1-2-3(4)5;/h1H2,2H3,(H,5,6);2H2,1H3,(H,4,5);/q;;+2/p-2. The predicted octanol–water partition coefficient (Wildman–Crippen LogP) is -1.54. The fraction of sp³-hybridized carbons (Fsp3) is 0.429. The SMILES string of the molecule is C=C(C)C(=O)[O-].CCC(=O)[O-].[Zn+2]. The van der Waals surface area contributed by atoms with Crippen molar-refractivity contribution >= 4 is 11.9 Å². The Morgan fingerprint density at radius 2 is 1.50 bits per heavy atom. The van der Waals surface area contributed by atoms with Gasteiger partial charge in [-0.25, -0.2) is 0 Å². The number of carbonyl (C=O) groups excluding carboxylic acids is 2. The second-order valence-corrected chi connectivity index (χ2v) is 1.79. The summed E-state index contributed by atoms with van der Waals surface area (Å²) in [7, 11) is 0. The molecule has 0 bridgehead atoms. The van der Waals surface area contributed by atoms with Crippen LogP contribution in [0, 0.1) is 0 Å². The Bertz CT molecular complexity index is 153. The number of carboxylic acid groups (broad SMARTS) is 2. The average Bonchev–Trinajstić information content (AvgIpc) is 1.89. The van der Waals surface area contributed by atoms with Crippen molar-refractivity contribution in [3.05, 3.63) is 12.2 Å². The average molecular weight is 224 g/mol. The van der Waals surface area contributed by atoms with Crippen LogP contribution in [0.4, 0.5) is 0 Å². The largest absolute Gasteiger partial charge is 2.00 e. The van der Waals surface area contributed by atoms with E-state index in [0.29, 0.717) is 0 Å². The van der Waals surface area contributed by atoms with Crippen LogP contribution in [0.5, 0.6) is 0 Å². The zero-order chi connectivity index (χ0) is 9.44. The molecular formula is C7H10O4Zn. The van der Waals surface area contributed by atoms with E-state index in [2.05, 4.69) is 6.58 Å². The number of hydrogen-bond acceptors (Lipinski definition) is 4. The molecule has 0 spiro atoms. The van der Waals surface area contributed by atoms with Crippen molar-refractivity contribution in [3.63, 3.8) is 0 Å². The molecule has 0 rings (SSSR count). The summed E-state index contributed by atoms with van der Waals surface area (Å²) in [5.41, 5.74) is 0.0648. The van der Waals surface area contributed by atoms with Crippen LogP contribution in [0.25, 0.3) is 0 Å². The quantitative estimate of drug-likeness (QED) is 0.420. The number of hydrogen-bond donors (Lipinski definition) is 0. The molecule has 0 aromatic carbocycles. The van der Waals surface area contributed by atoms with E-state index in [1.54, 1.807) is 0 Å². The molecule has 0 aliphatic rings. The molecule has 0 heterocycles. The minimum atomic E-state index is -1.19. The van der Waals surface area contributed by atoms with Crippen LogP contribution >= 0.6 is 0 Å². The van der Waals surface area contributed by atoms with Crippen molar-refractivity contribution in [1.82, 2.24) is 0 Å². The summed E-state index contributed by atoms with van der Waals surface area (Å²) in [6, 6.07) is 0. The van der Waals surface area contributed by atoms with Gasteiger partial charge in [-0.3, -0.25) is 0 Å². The van der Waals surface area contributed by atoms with Gasteiger partial charge in [-0.1, -0.05) is 13.5 Å². The van der Waals surface area contributed by atoms with Crippen LogP contribution in [0.2, 0.25) is 0 Å². The third-order valence-electron chi connectivity index (χ3n) is 0.637. The fourth-order valence-corrected chi connectivity index (χ4v) is 0. The smallest absolute Gasteiger partial charge is 0.550 e. The van der Waals surface area contributed by atoms with E-state index in [0.717, 1.165) is 0 Å². The fourth-order valence-electron chi connectivity index (χ4n) is 0. The zero-order valence-corrected chi connectivity index (χ0v) is 10.2. The molecule has 4 nitrogen and oxygen atoms in total. The van der Waals surface area contributed by atoms with Crippen LogP contribution in [-0.2, 0) is 29.1 Å². The molecule has 0 amide bonds. The van der Waals surface area contributed by atoms with E-state index < -0.39 is 11.9 Å². The van der Waals surface area contributed by atoms with Crippen molar-refractivity contribution in [2.45, 2.75) is 20.3 Å². The third-order valence-corrected chi connectivity index (χ3v) is 0.637. The molecule has 12 heavy (non-hydrogen) atoms. The van der Waals surface area contributed by atoms with E-state index >= 15 is 0 Å². The number of carboxylic acids is 2. The van der Waals surface area contributed by atoms with Gasteiger partial charge in [0.2, 0.25) is 0 Å². The summed E-state index contributed by atoms with van der Waals surface area (Å²) >= 11 is 0. The molecule has 0 aromatic rings. The predicted molar refractivity (Wildman–Crippen MR) is 35.1 cm³/mol. The first kappa shape index (κ1) is 17.4. The first-order chi connectivity index (χ1) is 4.91. The van der Waals surface area contributed by atoms with Gasteiger partial charge in [-0.05, 0) is 18.9 Å². The topological polar surface area (TPSA) is 80.3 Å². The van der Waals surface area contributed by atoms with Gasteiger partial charge in [-0.2, -0.15) is 0 Å². The summed E-state index contributed by atoms with van der Waals surface area (Å²) in [4.78, 5) is 18.7. The summed E-state index contributed by atoms with van der Waals surface area (Å²) in [6.45, 7) is 6.01. The summed E-state index contributed by atoms with van der Waals surface area (Å²) in [5.74, 6) is -2.18. The monoisotopic (exact) mass is 222 g/mol. The van der Waals surface area contributed by atoms with Gasteiger partial charge in [0.25, 0.3) is 0 Å². The molecule has 0 aliphatic carbocycles. The van der Waals surface area contributed by atoms with Crippen molar-refractivity contribution in [2.24, 2.45) is 0 Å². The van der Waals surface area contributed by atoms with Gasteiger partial charge >= 0.3 is 19.5 Å².